The van der Waals surface area contributed by atoms with Crippen molar-refractivity contribution in [2.24, 2.45) is 0 Å². The number of hydrogen-bond donors (Lipinski definition) is 0. The lowest BCUT2D eigenvalue weighted by atomic mass is 10.0. The number of nitrogens with zero attached hydrogens (tertiary/aromatic N) is 1. The van der Waals surface area contributed by atoms with Gasteiger partial charge in [-0.3, -0.25) is 4.79 Å². The minimum Gasteiger partial charge on any atom is -0.493 e. The second kappa shape index (κ2) is 8.05. The van der Waals surface area contributed by atoms with Crippen LogP contribution in [-0.2, 0) is 0 Å². The molecule has 0 spiro atoms. The van der Waals surface area contributed by atoms with Crippen LogP contribution in [0.2, 0.25) is 5.02 Å². The molecule has 3 aromatic rings. The number of halogens is 2. The van der Waals surface area contributed by atoms with Crippen molar-refractivity contribution < 1.29 is 23.4 Å². The smallest absolute Gasteiger partial charge is 0.219 e. The molecular weight excluding hydrogens is 373 g/mol. The van der Waals surface area contributed by atoms with Crippen LogP contribution in [0.4, 0.5) is 4.39 Å². The van der Waals surface area contributed by atoms with E-state index >= 15 is 0 Å². The zero-order valence-electron chi connectivity index (χ0n) is 14.5. The first-order valence-corrected chi connectivity index (χ1v) is 8.25. The summed E-state index contributed by atoms with van der Waals surface area (Å²) in [7, 11) is 3.02. The van der Waals surface area contributed by atoms with Crippen LogP contribution < -0.4 is 14.2 Å². The Bertz CT molecular complexity index is 976. The summed E-state index contributed by atoms with van der Waals surface area (Å²) in [5, 5.41) is 0.267. The fourth-order valence-corrected chi connectivity index (χ4v) is 2.55. The van der Waals surface area contributed by atoms with Crippen molar-refractivity contribution in [1.82, 2.24) is 4.98 Å². The number of ether oxygens (including phenoxy) is 3. The summed E-state index contributed by atoms with van der Waals surface area (Å²) in [6.45, 7) is 0. The molecule has 0 atom stereocenters. The second-order valence-corrected chi connectivity index (χ2v) is 5.90. The second-order valence-electron chi connectivity index (χ2n) is 5.46. The lowest BCUT2D eigenvalue weighted by molar-refractivity contribution is 0.103. The maximum absolute atomic E-state index is 13.8. The van der Waals surface area contributed by atoms with E-state index in [-0.39, 0.29) is 22.4 Å². The van der Waals surface area contributed by atoms with Crippen molar-refractivity contribution >= 4 is 17.4 Å². The van der Waals surface area contributed by atoms with Crippen molar-refractivity contribution in [3.63, 3.8) is 0 Å². The first-order valence-electron chi connectivity index (χ1n) is 7.87. The van der Waals surface area contributed by atoms with Crippen LogP contribution in [0, 0.1) is 5.82 Å². The fourth-order valence-electron chi connectivity index (χ4n) is 2.39. The zero-order valence-corrected chi connectivity index (χ0v) is 15.3. The van der Waals surface area contributed by atoms with Crippen LogP contribution in [0.25, 0.3) is 0 Å². The Hall–Kier alpha value is -3.12. The van der Waals surface area contributed by atoms with Gasteiger partial charge in [0.15, 0.2) is 28.8 Å². The molecular formula is C20H15ClFNO4. The summed E-state index contributed by atoms with van der Waals surface area (Å²) in [6.07, 6.45) is 1.36. The van der Waals surface area contributed by atoms with Gasteiger partial charge in [0, 0.05) is 28.4 Å². The van der Waals surface area contributed by atoms with Crippen molar-refractivity contribution in [2.45, 2.75) is 0 Å². The number of rotatable bonds is 6. The Labute approximate surface area is 160 Å². The first-order chi connectivity index (χ1) is 13.0. The number of pyridine rings is 1. The quantitative estimate of drug-likeness (QED) is 0.562. The molecule has 2 aromatic carbocycles. The minimum absolute atomic E-state index is 0.00846. The van der Waals surface area contributed by atoms with Crippen LogP contribution in [0.3, 0.4) is 0 Å². The SMILES string of the molecule is COc1ccc(C(=O)c2ccc(Oc3ccc(Cl)cc3F)nc2)cc1OC. The summed E-state index contributed by atoms with van der Waals surface area (Å²) >= 11 is 5.71. The highest BCUT2D eigenvalue weighted by atomic mass is 35.5. The molecule has 0 bridgehead atoms. The van der Waals surface area contributed by atoms with Crippen LogP contribution in [0.15, 0.2) is 54.7 Å². The molecule has 0 aliphatic heterocycles. The van der Waals surface area contributed by atoms with Gasteiger partial charge in [0.2, 0.25) is 5.88 Å². The molecule has 1 aromatic heterocycles. The van der Waals surface area contributed by atoms with Gasteiger partial charge in [-0.05, 0) is 42.5 Å². The zero-order chi connectivity index (χ0) is 19.4. The van der Waals surface area contributed by atoms with Gasteiger partial charge < -0.3 is 14.2 Å². The largest absolute Gasteiger partial charge is 0.493 e. The monoisotopic (exact) mass is 387 g/mol. The van der Waals surface area contributed by atoms with Crippen molar-refractivity contribution in [2.75, 3.05) is 14.2 Å². The van der Waals surface area contributed by atoms with E-state index < -0.39 is 5.82 Å². The molecule has 0 fully saturated rings. The van der Waals surface area contributed by atoms with Gasteiger partial charge in [-0.1, -0.05) is 11.6 Å². The number of carbonyl (C=O) groups is 1. The van der Waals surface area contributed by atoms with Crippen LogP contribution in [-0.4, -0.2) is 25.0 Å². The summed E-state index contributed by atoms with van der Waals surface area (Å²) in [4.78, 5) is 16.7. The molecule has 0 unspecified atom stereocenters. The minimum atomic E-state index is -0.602. The lowest BCUT2D eigenvalue weighted by Gasteiger charge is -2.09. The van der Waals surface area contributed by atoms with Crippen molar-refractivity contribution in [3.8, 4) is 23.1 Å². The molecule has 0 aliphatic carbocycles. The van der Waals surface area contributed by atoms with E-state index in [2.05, 4.69) is 4.98 Å². The molecule has 0 aliphatic rings. The molecule has 138 valence electrons. The van der Waals surface area contributed by atoms with Gasteiger partial charge in [-0.25, -0.2) is 9.37 Å². The average molecular weight is 388 g/mol. The van der Waals surface area contributed by atoms with Crippen molar-refractivity contribution in [3.05, 3.63) is 76.7 Å². The van der Waals surface area contributed by atoms with Gasteiger partial charge in [0.25, 0.3) is 0 Å². The standard InChI is InChI=1S/C20H15ClFNO4/c1-25-17-6-3-12(9-18(17)26-2)20(24)13-4-8-19(23-11-13)27-16-7-5-14(21)10-15(16)22/h3-11H,1-2H3. The van der Waals surface area contributed by atoms with Crippen LogP contribution in [0.1, 0.15) is 15.9 Å². The van der Waals surface area contributed by atoms with Gasteiger partial charge in [-0.2, -0.15) is 0 Å². The fraction of sp³-hybridized carbons (Fsp3) is 0.100. The number of ketones is 1. The Morgan fingerprint density at radius 1 is 0.926 bits per heavy atom. The Morgan fingerprint density at radius 3 is 2.26 bits per heavy atom. The van der Waals surface area contributed by atoms with Gasteiger partial charge >= 0.3 is 0 Å². The van der Waals surface area contributed by atoms with E-state index in [0.717, 1.165) is 6.07 Å². The third-order valence-electron chi connectivity index (χ3n) is 3.75. The van der Waals surface area contributed by atoms with Crippen molar-refractivity contribution in [1.29, 1.82) is 0 Å². The Kier molecular flexibility index (Phi) is 5.57. The van der Waals surface area contributed by atoms with Gasteiger partial charge in [0.1, 0.15) is 0 Å². The highest BCUT2D eigenvalue weighted by Gasteiger charge is 2.14. The maximum Gasteiger partial charge on any atom is 0.219 e. The molecule has 1 heterocycles. The van der Waals surface area contributed by atoms with E-state index in [0.29, 0.717) is 22.6 Å². The third-order valence-corrected chi connectivity index (χ3v) is 3.99. The van der Waals surface area contributed by atoms with E-state index in [1.807, 2.05) is 0 Å². The molecule has 0 N–H and O–H groups in total. The Morgan fingerprint density at radius 2 is 1.63 bits per heavy atom. The van der Waals surface area contributed by atoms with E-state index in [1.165, 1.54) is 38.6 Å². The van der Waals surface area contributed by atoms with E-state index in [4.69, 9.17) is 25.8 Å². The van der Waals surface area contributed by atoms with Gasteiger partial charge in [-0.15, -0.1) is 0 Å². The number of benzene rings is 2. The van der Waals surface area contributed by atoms with Crippen LogP contribution >= 0.6 is 11.6 Å². The summed E-state index contributed by atoms with van der Waals surface area (Å²) in [6, 6.07) is 12.0. The number of carbonyl (C=O) groups excluding carboxylic acids is 1. The summed E-state index contributed by atoms with van der Waals surface area (Å²) in [5.41, 5.74) is 0.776. The molecule has 0 amide bonds. The predicted molar refractivity (Wildman–Crippen MR) is 98.7 cm³/mol. The Balaban J connectivity index is 1.79. The van der Waals surface area contributed by atoms with E-state index in [9.17, 15) is 9.18 Å². The molecule has 27 heavy (non-hydrogen) atoms. The first kappa shape index (κ1) is 18.7. The lowest BCUT2D eigenvalue weighted by Crippen LogP contribution is -2.03. The maximum atomic E-state index is 13.8. The normalized spacial score (nSPS) is 10.4. The average Bonchev–Trinajstić information content (AvgIpc) is 2.69. The third kappa shape index (κ3) is 4.17. The van der Waals surface area contributed by atoms with E-state index in [1.54, 1.807) is 24.3 Å². The predicted octanol–water partition coefficient (Wildman–Crippen LogP) is 4.91. The number of methoxy groups -OCH3 is 2. The molecule has 0 radical (unpaired) electrons. The molecule has 3 rings (SSSR count). The van der Waals surface area contributed by atoms with Crippen LogP contribution in [0.5, 0.6) is 23.1 Å². The highest BCUT2D eigenvalue weighted by molar-refractivity contribution is 6.30. The number of hydrogen-bond acceptors (Lipinski definition) is 5. The summed E-state index contributed by atoms with van der Waals surface area (Å²) < 4.78 is 29.5. The van der Waals surface area contributed by atoms with Gasteiger partial charge in [0.05, 0.1) is 14.2 Å². The molecule has 0 saturated carbocycles. The molecule has 7 heteroatoms. The molecule has 0 saturated heterocycles. The summed E-state index contributed by atoms with van der Waals surface area (Å²) in [5.74, 6) is 0.281. The highest BCUT2D eigenvalue weighted by Crippen LogP contribution is 2.29. The molecule has 5 nitrogen and oxygen atoms in total. The number of aromatic nitrogens is 1. The topological polar surface area (TPSA) is 57.7 Å².